The Morgan fingerprint density at radius 1 is 1.27 bits per heavy atom. The van der Waals surface area contributed by atoms with Crippen LogP contribution in [0.1, 0.15) is 6.92 Å². The Bertz CT molecular complexity index is 944. The highest BCUT2D eigenvalue weighted by Crippen LogP contribution is 2.26. The van der Waals surface area contributed by atoms with Crippen LogP contribution in [0.5, 0.6) is 0 Å². The van der Waals surface area contributed by atoms with Gasteiger partial charge in [-0.2, -0.15) is 8.42 Å². The number of H-pyrrole nitrogens is 1. The second kappa shape index (κ2) is 5.39. The number of hydrogen-bond acceptors (Lipinski definition) is 6. The first-order valence-corrected chi connectivity index (χ1v) is 8.46. The predicted octanol–water partition coefficient (Wildman–Crippen LogP) is 1.78. The number of anilines is 2. The third kappa shape index (κ3) is 2.78. The summed E-state index contributed by atoms with van der Waals surface area (Å²) in [5.74, 6) is -0.343. The molecule has 0 atom stereocenters. The molecule has 2 heterocycles. The number of para-hydroxylation sites is 1. The van der Waals surface area contributed by atoms with Crippen molar-refractivity contribution < 1.29 is 13.2 Å². The van der Waals surface area contributed by atoms with Gasteiger partial charge in [0.2, 0.25) is 11.0 Å². The lowest BCUT2D eigenvalue weighted by Gasteiger charge is -2.06. The highest BCUT2D eigenvalue weighted by atomic mass is 32.2. The number of sulfonamides is 1. The lowest BCUT2D eigenvalue weighted by molar-refractivity contribution is -0.114. The summed E-state index contributed by atoms with van der Waals surface area (Å²) in [6.45, 7) is 1.31. The molecule has 0 spiro atoms. The molecule has 10 heteroatoms. The molecule has 0 aliphatic carbocycles. The first-order chi connectivity index (χ1) is 10.5. The Labute approximate surface area is 129 Å². The molecule has 0 saturated carbocycles. The maximum absolute atomic E-state index is 12.3. The zero-order valence-corrected chi connectivity index (χ0v) is 13.0. The van der Waals surface area contributed by atoms with Gasteiger partial charge in [0.05, 0.1) is 11.2 Å². The molecule has 1 amide bonds. The Balaban J connectivity index is 1.92. The second-order valence-corrected chi connectivity index (χ2v) is 7.24. The van der Waals surface area contributed by atoms with Crippen molar-refractivity contribution in [3.8, 4) is 0 Å². The Morgan fingerprint density at radius 2 is 2.09 bits per heavy atom. The average molecular weight is 337 g/mol. The molecule has 1 aromatic carbocycles. The number of carbonyl (C=O) groups is 1. The highest BCUT2D eigenvalue weighted by molar-refractivity contribution is 7.94. The smallest absolute Gasteiger partial charge is 0.291 e. The van der Waals surface area contributed by atoms with Gasteiger partial charge in [0, 0.05) is 18.5 Å². The molecular formula is C12H11N5O3S2. The van der Waals surface area contributed by atoms with Gasteiger partial charge in [-0.1, -0.05) is 23.5 Å². The van der Waals surface area contributed by atoms with E-state index in [9.17, 15) is 13.2 Å². The van der Waals surface area contributed by atoms with Crippen LogP contribution in [-0.4, -0.2) is 29.5 Å². The van der Waals surface area contributed by atoms with Crippen LogP contribution in [0.25, 0.3) is 10.9 Å². The fourth-order valence-electron chi connectivity index (χ4n) is 1.88. The van der Waals surface area contributed by atoms with Crippen molar-refractivity contribution in [1.29, 1.82) is 0 Å². The van der Waals surface area contributed by atoms with E-state index in [4.69, 9.17) is 0 Å². The first kappa shape index (κ1) is 14.5. The molecule has 0 aliphatic heterocycles. The summed E-state index contributed by atoms with van der Waals surface area (Å²) < 4.78 is 26.9. The van der Waals surface area contributed by atoms with Gasteiger partial charge in [0.15, 0.2) is 0 Å². The number of fused-ring (bicyclic) bond motifs is 1. The van der Waals surface area contributed by atoms with Crippen LogP contribution in [0.2, 0.25) is 0 Å². The SMILES string of the molecule is CC(=O)Nc1nnc(S(=O)(=O)Nc2cccc3cc[nH]c23)s1. The summed E-state index contributed by atoms with van der Waals surface area (Å²) in [4.78, 5) is 13.9. The lowest BCUT2D eigenvalue weighted by atomic mass is 10.2. The van der Waals surface area contributed by atoms with E-state index >= 15 is 0 Å². The highest BCUT2D eigenvalue weighted by Gasteiger charge is 2.21. The molecule has 114 valence electrons. The molecule has 0 radical (unpaired) electrons. The number of aromatic nitrogens is 3. The lowest BCUT2D eigenvalue weighted by Crippen LogP contribution is -2.13. The number of hydrogen-bond donors (Lipinski definition) is 3. The molecule has 2 aromatic heterocycles. The second-order valence-electron chi connectivity index (χ2n) is 4.41. The maximum atomic E-state index is 12.3. The number of nitrogens with zero attached hydrogens (tertiary/aromatic N) is 2. The monoisotopic (exact) mass is 337 g/mol. The van der Waals surface area contributed by atoms with Crippen molar-refractivity contribution in [3.63, 3.8) is 0 Å². The summed E-state index contributed by atoms with van der Waals surface area (Å²) >= 11 is 0.780. The minimum absolute atomic E-state index is 0.131. The first-order valence-electron chi connectivity index (χ1n) is 6.16. The minimum atomic E-state index is -3.87. The van der Waals surface area contributed by atoms with E-state index in [2.05, 4.69) is 25.2 Å². The van der Waals surface area contributed by atoms with Crippen LogP contribution < -0.4 is 10.0 Å². The molecule has 0 saturated heterocycles. The van der Waals surface area contributed by atoms with Gasteiger partial charge in [-0.3, -0.25) is 9.52 Å². The van der Waals surface area contributed by atoms with E-state index < -0.39 is 10.0 Å². The molecule has 3 aromatic rings. The van der Waals surface area contributed by atoms with Crippen LogP contribution in [0.3, 0.4) is 0 Å². The molecule has 8 nitrogen and oxygen atoms in total. The third-order valence-electron chi connectivity index (χ3n) is 2.75. The Kier molecular flexibility index (Phi) is 3.54. The maximum Gasteiger partial charge on any atom is 0.291 e. The quantitative estimate of drug-likeness (QED) is 0.627. The summed E-state index contributed by atoms with van der Waals surface area (Å²) in [5.41, 5.74) is 1.09. The van der Waals surface area contributed by atoms with Crippen molar-refractivity contribution in [2.45, 2.75) is 11.3 Å². The summed E-state index contributed by atoms with van der Waals surface area (Å²) in [7, 11) is -3.87. The zero-order chi connectivity index (χ0) is 15.7. The molecule has 3 N–H and O–H groups in total. The molecule has 0 fully saturated rings. The van der Waals surface area contributed by atoms with E-state index in [0.29, 0.717) is 11.2 Å². The Hall–Kier alpha value is -2.46. The van der Waals surface area contributed by atoms with Gasteiger partial charge >= 0.3 is 0 Å². The van der Waals surface area contributed by atoms with Gasteiger partial charge < -0.3 is 10.3 Å². The standard InChI is InChI=1S/C12H11N5O3S2/c1-7(18)14-11-15-16-12(21-11)22(19,20)17-9-4-2-3-8-5-6-13-10(8)9/h2-6,13,17H,1H3,(H,14,15,18). The normalized spacial score (nSPS) is 11.5. The number of nitrogens with one attached hydrogen (secondary N) is 3. The summed E-state index contributed by atoms with van der Waals surface area (Å²) in [5, 5.41) is 10.6. The number of amides is 1. The van der Waals surface area contributed by atoms with Crippen LogP contribution >= 0.6 is 11.3 Å². The fourth-order valence-corrected chi connectivity index (χ4v) is 3.90. The fraction of sp³-hybridized carbons (Fsp3) is 0.0833. The molecule has 0 bridgehead atoms. The topological polar surface area (TPSA) is 117 Å². The van der Waals surface area contributed by atoms with Crippen LogP contribution in [0, 0.1) is 0 Å². The largest absolute Gasteiger partial charge is 0.359 e. The van der Waals surface area contributed by atoms with Crippen LogP contribution in [0.4, 0.5) is 10.8 Å². The van der Waals surface area contributed by atoms with E-state index in [0.717, 1.165) is 16.7 Å². The predicted molar refractivity (Wildman–Crippen MR) is 83.3 cm³/mol. The average Bonchev–Trinajstić information content (AvgIpc) is 3.06. The van der Waals surface area contributed by atoms with Crippen molar-refractivity contribution in [3.05, 3.63) is 30.5 Å². The minimum Gasteiger partial charge on any atom is -0.359 e. The number of rotatable bonds is 4. The van der Waals surface area contributed by atoms with E-state index in [1.54, 1.807) is 18.3 Å². The van der Waals surface area contributed by atoms with Crippen LogP contribution in [-0.2, 0) is 14.8 Å². The molecule has 3 rings (SSSR count). The zero-order valence-electron chi connectivity index (χ0n) is 11.3. The molecule has 0 unspecified atom stereocenters. The third-order valence-corrected chi connectivity index (χ3v) is 5.32. The number of carbonyl (C=O) groups excluding carboxylic acids is 1. The van der Waals surface area contributed by atoms with E-state index in [1.165, 1.54) is 6.92 Å². The van der Waals surface area contributed by atoms with Crippen LogP contribution in [0.15, 0.2) is 34.8 Å². The molecular weight excluding hydrogens is 326 g/mol. The van der Waals surface area contributed by atoms with Crippen molar-refractivity contribution in [2.24, 2.45) is 0 Å². The van der Waals surface area contributed by atoms with Crippen molar-refractivity contribution in [1.82, 2.24) is 15.2 Å². The Morgan fingerprint density at radius 3 is 2.86 bits per heavy atom. The van der Waals surface area contributed by atoms with Gasteiger partial charge in [-0.05, 0) is 12.1 Å². The van der Waals surface area contributed by atoms with E-state index in [-0.39, 0.29) is 15.4 Å². The summed E-state index contributed by atoms with van der Waals surface area (Å²) in [6.07, 6.45) is 1.72. The molecule has 0 aliphatic rings. The van der Waals surface area contributed by atoms with Crippen molar-refractivity contribution >= 4 is 49.0 Å². The van der Waals surface area contributed by atoms with Gasteiger partial charge in [0.25, 0.3) is 14.4 Å². The van der Waals surface area contributed by atoms with Crippen molar-refractivity contribution in [2.75, 3.05) is 10.0 Å². The molecule has 22 heavy (non-hydrogen) atoms. The summed E-state index contributed by atoms with van der Waals surface area (Å²) in [6, 6.07) is 7.10. The van der Waals surface area contributed by atoms with Gasteiger partial charge in [-0.15, -0.1) is 10.2 Å². The van der Waals surface area contributed by atoms with Gasteiger partial charge in [0.1, 0.15) is 0 Å². The number of aromatic amines is 1. The van der Waals surface area contributed by atoms with Gasteiger partial charge in [-0.25, -0.2) is 0 Å². The van der Waals surface area contributed by atoms with E-state index in [1.807, 2.05) is 12.1 Å². The number of benzene rings is 1.